The standard InChI is InChI=1S/C18H20FNO2/c1-18(2,3)22-16-7-5-4-6-14(16)12-20-17(21)13-8-10-15(19)11-9-13/h4-11H,12H2,1-3H3,(H,20,21). The first kappa shape index (κ1) is 16.0. The molecule has 0 saturated heterocycles. The first-order valence-electron chi connectivity index (χ1n) is 7.16. The number of hydrogen-bond donors (Lipinski definition) is 1. The Kier molecular flexibility index (Phi) is 4.81. The van der Waals surface area contributed by atoms with Crippen molar-refractivity contribution in [1.82, 2.24) is 5.32 Å². The lowest BCUT2D eigenvalue weighted by atomic mass is 10.1. The van der Waals surface area contributed by atoms with E-state index in [4.69, 9.17) is 4.74 Å². The molecule has 2 aromatic carbocycles. The Morgan fingerprint density at radius 3 is 2.36 bits per heavy atom. The second-order valence-electron chi connectivity index (χ2n) is 6.01. The maximum atomic E-state index is 12.9. The highest BCUT2D eigenvalue weighted by molar-refractivity contribution is 5.94. The fourth-order valence-electron chi connectivity index (χ4n) is 1.96. The summed E-state index contributed by atoms with van der Waals surface area (Å²) in [4.78, 5) is 12.1. The Balaban J connectivity index is 2.05. The van der Waals surface area contributed by atoms with E-state index in [1.165, 1.54) is 24.3 Å². The summed E-state index contributed by atoms with van der Waals surface area (Å²) in [6.45, 7) is 6.27. The van der Waals surface area contributed by atoms with E-state index in [0.29, 0.717) is 12.1 Å². The van der Waals surface area contributed by atoms with Crippen molar-refractivity contribution in [3.63, 3.8) is 0 Å². The summed E-state index contributed by atoms with van der Waals surface area (Å²) >= 11 is 0. The number of ether oxygens (including phenoxy) is 1. The Bertz CT molecular complexity index is 645. The van der Waals surface area contributed by atoms with Gasteiger partial charge in [0.15, 0.2) is 0 Å². The fraction of sp³-hybridized carbons (Fsp3) is 0.278. The van der Waals surface area contributed by atoms with Crippen molar-refractivity contribution in [3.05, 3.63) is 65.5 Å². The molecule has 3 nitrogen and oxygen atoms in total. The van der Waals surface area contributed by atoms with E-state index in [0.717, 1.165) is 11.3 Å². The predicted molar refractivity (Wildman–Crippen MR) is 84.4 cm³/mol. The molecule has 0 spiro atoms. The third-order valence-electron chi connectivity index (χ3n) is 2.93. The van der Waals surface area contributed by atoms with Gasteiger partial charge in [-0.05, 0) is 51.1 Å². The van der Waals surface area contributed by atoms with Crippen LogP contribution in [0, 0.1) is 5.82 Å². The molecule has 0 saturated carbocycles. The molecule has 2 aromatic rings. The molecule has 0 unspecified atom stereocenters. The van der Waals surface area contributed by atoms with Gasteiger partial charge in [0.2, 0.25) is 0 Å². The van der Waals surface area contributed by atoms with Gasteiger partial charge in [-0.15, -0.1) is 0 Å². The Hall–Kier alpha value is -2.36. The minimum Gasteiger partial charge on any atom is -0.488 e. The van der Waals surface area contributed by atoms with E-state index in [1.54, 1.807) is 0 Å². The summed E-state index contributed by atoms with van der Waals surface area (Å²) in [5.74, 6) is 0.139. The zero-order chi connectivity index (χ0) is 16.2. The summed E-state index contributed by atoms with van der Waals surface area (Å²) in [5, 5.41) is 2.82. The van der Waals surface area contributed by atoms with Crippen LogP contribution < -0.4 is 10.1 Å². The summed E-state index contributed by atoms with van der Waals surface area (Å²) in [6, 6.07) is 13.0. The Morgan fingerprint density at radius 2 is 1.73 bits per heavy atom. The van der Waals surface area contributed by atoms with E-state index < -0.39 is 0 Å². The number of amides is 1. The van der Waals surface area contributed by atoms with E-state index in [-0.39, 0.29) is 17.3 Å². The number of halogens is 1. The largest absolute Gasteiger partial charge is 0.488 e. The van der Waals surface area contributed by atoms with Crippen LogP contribution in [-0.4, -0.2) is 11.5 Å². The van der Waals surface area contributed by atoms with E-state index in [1.807, 2.05) is 45.0 Å². The number of carbonyl (C=O) groups excluding carboxylic acids is 1. The van der Waals surface area contributed by atoms with Gasteiger partial charge in [0.25, 0.3) is 5.91 Å². The monoisotopic (exact) mass is 301 g/mol. The lowest BCUT2D eigenvalue weighted by Gasteiger charge is -2.23. The van der Waals surface area contributed by atoms with Crippen LogP contribution in [-0.2, 0) is 6.54 Å². The number of para-hydroxylation sites is 1. The average Bonchev–Trinajstić information content (AvgIpc) is 2.45. The van der Waals surface area contributed by atoms with Crippen LogP contribution in [0.25, 0.3) is 0 Å². The summed E-state index contributed by atoms with van der Waals surface area (Å²) in [6.07, 6.45) is 0. The highest BCUT2D eigenvalue weighted by Gasteiger charge is 2.14. The Labute approximate surface area is 130 Å². The van der Waals surface area contributed by atoms with E-state index in [9.17, 15) is 9.18 Å². The predicted octanol–water partition coefficient (Wildman–Crippen LogP) is 3.93. The minimum absolute atomic E-state index is 0.245. The van der Waals surface area contributed by atoms with Gasteiger partial charge >= 0.3 is 0 Å². The van der Waals surface area contributed by atoms with Crippen LogP contribution in [0.2, 0.25) is 0 Å². The molecule has 0 aliphatic heterocycles. The summed E-state index contributed by atoms with van der Waals surface area (Å²) in [7, 11) is 0. The van der Waals surface area contributed by atoms with Crippen LogP contribution in [0.4, 0.5) is 4.39 Å². The molecule has 0 aliphatic carbocycles. The molecule has 2 rings (SSSR count). The van der Waals surface area contributed by atoms with Gasteiger partial charge < -0.3 is 10.1 Å². The highest BCUT2D eigenvalue weighted by atomic mass is 19.1. The maximum absolute atomic E-state index is 12.9. The van der Waals surface area contributed by atoms with E-state index in [2.05, 4.69) is 5.32 Å². The molecule has 0 bridgehead atoms. The van der Waals surface area contributed by atoms with Crippen LogP contribution >= 0.6 is 0 Å². The fourth-order valence-corrected chi connectivity index (χ4v) is 1.96. The minimum atomic E-state index is -0.361. The Morgan fingerprint density at radius 1 is 1.09 bits per heavy atom. The highest BCUT2D eigenvalue weighted by Crippen LogP contribution is 2.22. The third-order valence-corrected chi connectivity index (χ3v) is 2.93. The van der Waals surface area contributed by atoms with Crippen molar-refractivity contribution in [2.45, 2.75) is 32.9 Å². The quantitative estimate of drug-likeness (QED) is 0.929. The molecule has 22 heavy (non-hydrogen) atoms. The summed E-state index contributed by atoms with van der Waals surface area (Å²) < 4.78 is 18.7. The van der Waals surface area contributed by atoms with Gasteiger partial charge in [-0.2, -0.15) is 0 Å². The number of benzene rings is 2. The second kappa shape index (κ2) is 6.60. The molecule has 0 aromatic heterocycles. The number of nitrogens with one attached hydrogen (secondary N) is 1. The molecule has 1 amide bonds. The molecule has 1 N–H and O–H groups in total. The smallest absolute Gasteiger partial charge is 0.251 e. The summed E-state index contributed by atoms with van der Waals surface area (Å²) in [5.41, 5.74) is 1.01. The number of rotatable bonds is 4. The first-order chi connectivity index (χ1) is 10.3. The zero-order valence-corrected chi connectivity index (χ0v) is 13.0. The molecule has 0 fully saturated rings. The van der Waals surface area contributed by atoms with Gasteiger partial charge in [0.05, 0.1) is 0 Å². The zero-order valence-electron chi connectivity index (χ0n) is 13.0. The van der Waals surface area contributed by atoms with Gasteiger partial charge in [0.1, 0.15) is 17.2 Å². The van der Waals surface area contributed by atoms with Crippen molar-refractivity contribution >= 4 is 5.91 Å². The van der Waals surface area contributed by atoms with Gasteiger partial charge in [0, 0.05) is 17.7 Å². The van der Waals surface area contributed by atoms with Crippen LogP contribution in [0.3, 0.4) is 0 Å². The SMILES string of the molecule is CC(C)(C)Oc1ccccc1CNC(=O)c1ccc(F)cc1. The lowest BCUT2D eigenvalue weighted by Crippen LogP contribution is -2.26. The molecule has 0 aliphatic rings. The lowest BCUT2D eigenvalue weighted by molar-refractivity contribution is 0.0949. The second-order valence-corrected chi connectivity index (χ2v) is 6.01. The molecule has 0 heterocycles. The maximum Gasteiger partial charge on any atom is 0.251 e. The van der Waals surface area contributed by atoms with Crippen molar-refractivity contribution < 1.29 is 13.9 Å². The normalized spacial score (nSPS) is 11.1. The number of hydrogen-bond acceptors (Lipinski definition) is 2. The van der Waals surface area contributed by atoms with Crippen molar-refractivity contribution in [3.8, 4) is 5.75 Å². The molecular weight excluding hydrogens is 281 g/mol. The molecule has 0 atom stereocenters. The molecule has 116 valence electrons. The average molecular weight is 301 g/mol. The molecule has 0 radical (unpaired) electrons. The van der Waals surface area contributed by atoms with Crippen molar-refractivity contribution in [1.29, 1.82) is 0 Å². The van der Waals surface area contributed by atoms with Crippen molar-refractivity contribution in [2.24, 2.45) is 0 Å². The van der Waals surface area contributed by atoms with E-state index >= 15 is 0 Å². The van der Waals surface area contributed by atoms with Gasteiger partial charge in [-0.1, -0.05) is 18.2 Å². The topological polar surface area (TPSA) is 38.3 Å². The van der Waals surface area contributed by atoms with Gasteiger partial charge in [-0.3, -0.25) is 4.79 Å². The van der Waals surface area contributed by atoms with Gasteiger partial charge in [-0.25, -0.2) is 4.39 Å². The van der Waals surface area contributed by atoms with Crippen LogP contribution in [0.15, 0.2) is 48.5 Å². The molecule has 4 heteroatoms. The first-order valence-corrected chi connectivity index (χ1v) is 7.16. The third kappa shape index (κ3) is 4.58. The van der Waals surface area contributed by atoms with Crippen LogP contribution in [0.5, 0.6) is 5.75 Å². The van der Waals surface area contributed by atoms with Crippen LogP contribution in [0.1, 0.15) is 36.7 Å². The number of carbonyl (C=O) groups is 1. The molecular formula is C18H20FNO2. The van der Waals surface area contributed by atoms with Crippen molar-refractivity contribution in [2.75, 3.05) is 0 Å².